The molecule has 0 atom stereocenters. The summed E-state index contributed by atoms with van der Waals surface area (Å²) in [7, 11) is 0. The second kappa shape index (κ2) is 5.39. The van der Waals surface area contributed by atoms with Crippen LogP contribution in [0.25, 0.3) is 0 Å². The van der Waals surface area contributed by atoms with Gasteiger partial charge >= 0.3 is 0 Å². The zero-order chi connectivity index (χ0) is 14.2. The highest BCUT2D eigenvalue weighted by Crippen LogP contribution is 2.37. The first-order valence-electron chi connectivity index (χ1n) is 7.02. The number of halogens is 1. The summed E-state index contributed by atoms with van der Waals surface area (Å²) in [5.41, 5.74) is 0.0114. The van der Waals surface area contributed by atoms with Gasteiger partial charge < -0.3 is 19.7 Å². The largest absolute Gasteiger partial charge is 0.394 e. The van der Waals surface area contributed by atoms with Gasteiger partial charge in [-0.05, 0) is 31.7 Å². The Morgan fingerprint density at radius 1 is 1.50 bits per heavy atom. The molecule has 2 N–H and O–H groups in total. The van der Waals surface area contributed by atoms with Crippen LogP contribution in [-0.4, -0.2) is 40.9 Å². The Kier molecular flexibility index (Phi) is 3.75. The molecule has 2 fully saturated rings. The van der Waals surface area contributed by atoms with E-state index in [2.05, 4.69) is 5.32 Å². The molecule has 3 rings (SSSR count). The van der Waals surface area contributed by atoms with E-state index in [1.54, 1.807) is 6.07 Å². The maximum Gasteiger partial charge on any atom is 0.268 e. The number of carbonyl (C=O) groups excluding carboxylic acids is 1. The van der Waals surface area contributed by atoms with E-state index in [1.165, 1.54) is 0 Å². The van der Waals surface area contributed by atoms with Crippen molar-refractivity contribution in [2.24, 2.45) is 0 Å². The number of nitrogens with zero attached hydrogens (tertiary/aromatic N) is 1. The second-order valence-corrected chi connectivity index (χ2v) is 6.12. The van der Waals surface area contributed by atoms with Crippen LogP contribution in [0.3, 0.4) is 0 Å². The van der Waals surface area contributed by atoms with Gasteiger partial charge in [-0.15, -0.1) is 0 Å². The molecule has 0 unspecified atom stereocenters. The van der Waals surface area contributed by atoms with Gasteiger partial charge in [-0.2, -0.15) is 0 Å². The quantitative estimate of drug-likeness (QED) is 0.890. The minimum absolute atomic E-state index is 0.0695. The van der Waals surface area contributed by atoms with Gasteiger partial charge in [0.2, 0.25) is 0 Å². The number of rotatable bonds is 4. The van der Waals surface area contributed by atoms with Crippen LogP contribution in [0.2, 0.25) is 5.02 Å². The standard InChI is InChI=1S/C14H19ClN2O3/c15-10-7-12(17(8-10)11-1-2-11)13(19)16-14(9-18)3-5-20-6-4-14/h7-8,11,18H,1-6,9H2,(H,16,19). The molecule has 1 aliphatic heterocycles. The van der Waals surface area contributed by atoms with Gasteiger partial charge in [0.1, 0.15) is 5.69 Å². The lowest BCUT2D eigenvalue weighted by Crippen LogP contribution is -2.54. The number of hydrogen-bond acceptors (Lipinski definition) is 3. The van der Waals surface area contributed by atoms with Crippen LogP contribution < -0.4 is 5.32 Å². The van der Waals surface area contributed by atoms with E-state index in [1.807, 2.05) is 10.8 Å². The molecule has 1 amide bonds. The molecule has 1 aromatic rings. The summed E-state index contributed by atoms with van der Waals surface area (Å²) in [6.07, 6.45) is 5.25. The molecule has 1 aliphatic carbocycles. The van der Waals surface area contributed by atoms with Crippen molar-refractivity contribution in [3.63, 3.8) is 0 Å². The fourth-order valence-electron chi connectivity index (χ4n) is 2.67. The lowest BCUT2D eigenvalue weighted by atomic mass is 9.91. The lowest BCUT2D eigenvalue weighted by molar-refractivity contribution is 0.0123. The average Bonchev–Trinajstić information content (AvgIpc) is 3.22. The van der Waals surface area contributed by atoms with Crippen LogP contribution in [0, 0.1) is 0 Å². The Labute approximate surface area is 122 Å². The summed E-state index contributed by atoms with van der Waals surface area (Å²) in [5.74, 6) is -0.167. The van der Waals surface area contributed by atoms with Gasteiger partial charge in [0.25, 0.3) is 5.91 Å². The van der Waals surface area contributed by atoms with Gasteiger partial charge in [0.05, 0.1) is 17.2 Å². The van der Waals surface area contributed by atoms with Gasteiger partial charge in [-0.3, -0.25) is 4.79 Å². The smallest absolute Gasteiger partial charge is 0.268 e. The topological polar surface area (TPSA) is 63.5 Å². The minimum Gasteiger partial charge on any atom is -0.394 e. The van der Waals surface area contributed by atoms with Crippen molar-refractivity contribution in [3.05, 3.63) is 23.0 Å². The Balaban J connectivity index is 1.78. The first kappa shape index (κ1) is 13.9. The Morgan fingerprint density at radius 2 is 2.20 bits per heavy atom. The van der Waals surface area contributed by atoms with Crippen molar-refractivity contribution in [1.29, 1.82) is 0 Å². The summed E-state index contributed by atoms with van der Waals surface area (Å²) >= 11 is 6.02. The number of ether oxygens (including phenoxy) is 1. The second-order valence-electron chi connectivity index (χ2n) is 5.69. The first-order valence-corrected chi connectivity index (χ1v) is 7.40. The number of amides is 1. The van der Waals surface area contributed by atoms with Gasteiger partial charge in [0, 0.05) is 25.5 Å². The highest BCUT2D eigenvalue weighted by atomic mass is 35.5. The molecule has 1 saturated carbocycles. The molecule has 6 heteroatoms. The molecule has 0 aromatic carbocycles. The molecule has 2 heterocycles. The molecule has 5 nitrogen and oxygen atoms in total. The fraction of sp³-hybridized carbons (Fsp3) is 0.643. The Bertz CT molecular complexity index is 505. The fourth-order valence-corrected chi connectivity index (χ4v) is 2.88. The first-order chi connectivity index (χ1) is 9.63. The molecule has 0 bridgehead atoms. The van der Waals surface area contributed by atoms with E-state index >= 15 is 0 Å². The number of aliphatic hydroxyl groups excluding tert-OH is 1. The average molecular weight is 299 g/mol. The third-order valence-electron chi connectivity index (χ3n) is 4.12. The summed E-state index contributed by atoms with van der Waals surface area (Å²) < 4.78 is 7.25. The van der Waals surface area contributed by atoms with Gasteiger partial charge in [0.15, 0.2) is 0 Å². The van der Waals surface area contributed by atoms with Gasteiger partial charge in [-0.1, -0.05) is 11.6 Å². The van der Waals surface area contributed by atoms with E-state index < -0.39 is 5.54 Å². The normalized spacial score (nSPS) is 21.7. The molecule has 20 heavy (non-hydrogen) atoms. The number of aliphatic hydroxyl groups is 1. The third kappa shape index (κ3) is 2.71. The minimum atomic E-state index is -0.569. The molecule has 110 valence electrons. The molecular formula is C14H19ClN2O3. The summed E-state index contributed by atoms with van der Waals surface area (Å²) in [4.78, 5) is 12.5. The van der Waals surface area contributed by atoms with Crippen LogP contribution in [0.15, 0.2) is 12.3 Å². The van der Waals surface area contributed by atoms with Crippen LogP contribution >= 0.6 is 11.6 Å². The van der Waals surface area contributed by atoms with Crippen molar-refractivity contribution in [2.75, 3.05) is 19.8 Å². The Hall–Kier alpha value is -1.04. The summed E-state index contributed by atoms with van der Waals surface area (Å²) in [6, 6.07) is 2.09. The molecule has 2 aliphatic rings. The van der Waals surface area contributed by atoms with E-state index in [-0.39, 0.29) is 12.5 Å². The maximum atomic E-state index is 12.5. The van der Waals surface area contributed by atoms with Crippen LogP contribution in [0.5, 0.6) is 0 Å². The predicted molar refractivity (Wildman–Crippen MR) is 75.0 cm³/mol. The third-order valence-corrected chi connectivity index (χ3v) is 4.33. The van der Waals surface area contributed by atoms with Crippen molar-refractivity contribution in [1.82, 2.24) is 9.88 Å². The van der Waals surface area contributed by atoms with E-state index in [4.69, 9.17) is 16.3 Å². The zero-order valence-corrected chi connectivity index (χ0v) is 12.0. The van der Waals surface area contributed by atoms with Crippen molar-refractivity contribution < 1.29 is 14.6 Å². The maximum absolute atomic E-state index is 12.5. The predicted octanol–water partition coefficient (Wildman–Crippen LogP) is 1.75. The lowest BCUT2D eigenvalue weighted by Gasteiger charge is -2.36. The number of hydrogen-bond donors (Lipinski definition) is 2. The number of carbonyl (C=O) groups is 1. The van der Waals surface area contributed by atoms with Crippen LogP contribution in [0.1, 0.15) is 42.2 Å². The van der Waals surface area contributed by atoms with E-state index in [9.17, 15) is 9.90 Å². The molecule has 0 spiro atoms. The Morgan fingerprint density at radius 3 is 2.80 bits per heavy atom. The monoisotopic (exact) mass is 298 g/mol. The molecule has 1 saturated heterocycles. The van der Waals surface area contributed by atoms with E-state index in [0.717, 1.165) is 12.8 Å². The van der Waals surface area contributed by atoms with Gasteiger partial charge in [-0.25, -0.2) is 0 Å². The highest BCUT2D eigenvalue weighted by Gasteiger charge is 2.35. The SMILES string of the molecule is O=C(NC1(CO)CCOCC1)c1cc(Cl)cn1C1CC1. The van der Waals surface area contributed by atoms with Crippen LogP contribution in [0.4, 0.5) is 0 Å². The zero-order valence-electron chi connectivity index (χ0n) is 11.3. The van der Waals surface area contributed by atoms with Crippen molar-refractivity contribution in [2.45, 2.75) is 37.3 Å². The number of nitrogens with one attached hydrogen (secondary N) is 1. The highest BCUT2D eigenvalue weighted by molar-refractivity contribution is 6.31. The molecule has 0 radical (unpaired) electrons. The van der Waals surface area contributed by atoms with Crippen molar-refractivity contribution >= 4 is 17.5 Å². The summed E-state index contributed by atoms with van der Waals surface area (Å²) in [5, 5.41) is 13.2. The summed E-state index contributed by atoms with van der Waals surface area (Å²) in [6.45, 7) is 1.05. The van der Waals surface area contributed by atoms with E-state index in [0.29, 0.717) is 42.8 Å². The molecule has 1 aromatic heterocycles. The molecular weight excluding hydrogens is 280 g/mol. The van der Waals surface area contributed by atoms with Crippen molar-refractivity contribution in [3.8, 4) is 0 Å². The number of aromatic nitrogens is 1. The van der Waals surface area contributed by atoms with Crippen LogP contribution in [-0.2, 0) is 4.74 Å².